The Labute approximate surface area is 81.7 Å². The van der Waals surface area contributed by atoms with Crippen LogP contribution in [0.1, 0.15) is 12.0 Å². The van der Waals surface area contributed by atoms with E-state index >= 15 is 0 Å². The first kappa shape index (κ1) is 10.9. The monoisotopic (exact) mass is 201 g/mol. The van der Waals surface area contributed by atoms with Gasteiger partial charge >= 0.3 is 0 Å². The van der Waals surface area contributed by atoms with Crippen LogP contribution in [0.4, 0.5) is 8.78 Å². The highest BCUT2D eigenvalue weighted by molar-refractivity contribution is 5.33. The van der Waals surface area contributed by atoms with Crippen LogP contribution in [0.5, 0.6) is 5.75 Å². The van der Waals surface area contributed by atoms with Gasteiger partial charge in [0, 0.05) is 18.5 Å². The smallest absolute Gasteiger partial charge is 0.123 e. The molecule has 0 unspecified atom stereocenters. The molecule has 2 N–H and O–H groups in total. The Morgan fingerprint density at radius 2 is 2.14 bits per heavy atom. The van der Waals surface area contributed by atoms with E-state index in [9.17, 15) is 8.78 Å². The van der Waals surface area contributed by atoms with Crippen LogP contribution in [-0.2, 0) is 6.54 Å². The van der Waals surface area contributed by atoms with Gasteiger partial charge in [-0.2, -0.15) is 0 Å². The number of ether oxygens (including phenoxy) is 1. The SMILES string of the molecule is NCc1cc(F)ccc1OCCCF. The minimum absolute atomic E-state index is 0.211. The zero-order valence-electron chi connectivity index (χ0n) is 7.80. The van der Waals surface area contributed by atoms with Crippen LogP contribution >= 0.6 is 0 Å². The predicted octanol–water partition coefficient (Wildman–Crippen LogP) is 2.02. The van der Waals surface area contributed by atoms with Crippen LogP contribution in [0.2, 0.25) is 0 Å². The summed E-state index contributed by atoms with van der Waals surface area (Å²) in [6.45, 7) is 0.0804. The maximum Gasteiger partial charge on any atom is 0.123 e. The van der Waals surface area contributed by atoms with Crippen LogP contribution in [0.3, 0.4) is 0 Å². The third-order valence-corrected chi connectivity index (χ3v) is 1.78. The van der Waals surface area contributed by atoms with Crippen molar-refractivity contribution in [2.24, 2.45) is 5.73 Å². The summed E-state index contributed by atoms with van der Waals surface area (Å²) in [6, 6.07) is 4.13. The van der Waals surface area contributed by atoms with Crippen molar-refractivity contribution in [3.8, 4) is 5.75 Å². The summed E-state index contributed by atoms with van der Waals surface area (Å²) in [6.07, 6.45) is 0.335. The Hall–Kier alpha value is -1.16. The molecule has 0 aliphatic rings. The van der Waals surface area contributed by atoms with Gasteiger partial charge in [0.2, 0.25) is 0 Å². The van der Waals surface area contributed by atoms with E-state index in [0.29, 0.717) is 17.7 Å². The Balaban J connectivity index is 2.65. The number of hydrogen-bond donors (Lipinski definition) is 1. The standard InChI is InChI=1S/C10H13F2NO/c11-4-1-5-14-10-3-2-9(12)6-8(10)7-13/h2-3,6H,1,4-5,7,13H2. The molecule has 0 radical (unpaired) electrons. The molecule has 0 amide bonds. The summed E-state index contributed by atoms with van der Waals surface area (Å²) in [4.78, 5) is 0. The van der Waals surface area contributed by atoms with E-state index < -0.39 is 6.67 Å². The van der Waals surface area contributed by atoms with Gasteiger partial charge in [-0.15, -0.1) is 0 Å². The van der Waals surface area contributed by atoms with Crippen molar-refractivity contribution in [2.45, 2.75) is 13.0 Å². The Kier molecular flexibility index (Phi) is 4.32. The highest BCUT2D eigenvalue weighted by Gasteiger charge is 2.03. The topological polar surface area (TPSA) is 35.2 Å². The zero-order chi connectivity index (χ0) is 10.4. The Morgan fingerprint density at radius 1 is 1.36 bits per heavy atom. The van der Waals surface area contributed by atoms with Gasteiger partial charge in [0.1, 0.15) is 11.6 Å². The second-order valence-electron chi connectivity index (χ2n) is 2.85. The number of nitrogens with two attached hydrogens (primary N) is 1. The molecule has 0 fully saturated rings. The maximum atomic E-state index is 12.8. The molecule has 0 atom stereocenters. The van der Waals surface area contributed by atoms with E-state index in [1.165, 1.54) is 18.2 Å². The molecule has 0 saturated carbocycles. The fraction of sp³-hybridized carbons (Fsp3) is 0.400. The quantitative estimate of drug-likeness (QED) is 0.740. The van der Waals surface area contributed by atoms with Crippen molar-refractivity contribution >= 4 is 0 Å². The molecule has 0 saturated heterocycles. The average Bonchev–Trinajstić information content (AvgIpc) is 2.20. The molecule has 4 heteroatoms. The number of rotatable bonds is 5. The molecule has 0 aromatic heterocycles. The third kappa shape index (κ3) is 2.96. The predicted molar refractivity (Wildman–Crippen MR) is 50.4 cm³/mol. The largest absolute Gasteiger partial charge is 0.493 e. The number of halogens is 2. The summed E-state index contributed by atoms with van der Waals surface area (Å²) in [5.74, 6) is 0.186. The van der Waals surface area contributed by atoms with Gasteiger partial charge < -0.3 is 10.5 Å². The van der Waals surface area contributed by atoms with Gasteiger partial charge in [0.05, 0.1) is 13.3 Å². The Morgan fingerprint density at radius 3 is 2.79 bits per heavy atom. The second-order valence-corrected chi connectivity index (χ2v) is 2.85. The van der Waals surface area contributed by atoms with Gasteiger partial charge in [-0.3, -0.25) is 4.39 Å². The van der Waals surface area contributed by atoms with E-state index in [1.807, 2.05) is 0 Å². The third-order valence-electron chi connectivity index (χ3n) is 1.78. The highest BCUT2D eigenvalue weighted by Crippen LogP contribution is 2.19. The zero-order valence-corrected chi connectivity index (χ0v) is 7.80. The van der Waals surface area contributed by atoms with Crippen molar-refractivity contribution in [1.29, 1.82) is 0 Å². The minimum Gasteiger partial charge on any atom is -0.493 e. The first-order valence-corrected chi connectivity index (χ1v) is 4.45. The first-order valence-electron chi connectivity index (χ1n) is 4.45. The number of benzene rings is 1. The molecule has 0 bridgehead atoms. The number of hydrogen-bond acceptors (Lipinski definition) is 2. The molecule has 0 spiro atoms. The lowest BCUT2D eigenvalue weighted by Crippen LogP contribution is -2.04. The van der Waals surface area contributed by atoms with E-state index in [1.54, 1.807) is 0 Å². The van der Waals surface area contributed by atoms with E-state index in [4.69, 9.17) is 10.5 Å². The van der Waals surface area contributed by atoms with Gasteiger partial charge in [-0.25, -0.2) is 4.39 Å². The molecule has 1 aromatic rings. The normalized spacial score (nSPS) is 10.2. The lowest BCUT2D eigenvalue weighted by Gasteiger charge is -2.09. The molecule has 0 heterocycles. The van der Waals surface area contributed by atoms with Crippen LogP contribution in [0.15, 0.2) is 18.2 Å². The summed E-state index contributed by atoms with van der Waals surface area (Å²) in [5.41, 5.74) is 6.00. The van der Waals surface area contributed by atoms with Gasteiger partial charge in [-0.1, -0.05) is 0 Å². The van der Waals surface area contributed by atoms with Crippen molar-refractivity contribution in [3.63, 3.8) is 0 Å². The molecule has 78 valence electrons. The van der Waals surface area contributed by atoms with E-state index in [-0.39, 0.29) is 19.0 Å². The lowest BCUT2D eigenvalue weighted by molar-refractivity contribution is 0.287. The molecule has 1 rings (SSSR count). The number of alkyl halides is 1. The van der Waals surface area contributed by atoms with Crippen LogP contribution in [0.25, 0.3) is 0 Å². The molecular weight excluding hydrogens is 188 g/mol. The molecule has 0 aliphatic carbocycles. The van der Waals surface area contributed by atoms with E-state index in [2.05, 4.69) is 0 Å². The van der Waals surface area contributed by atoms with Gasteiger partial charge in [0.25, 0.3) is 0 Å². The summed E-state index contributed by atoms with van der Waals surface area (Å²) >= 11 is 0. The van der Waals surface area contributed by atoms with Crippen LogP contribution in [-0.4, -0.2) is 13.3 Å². The summed E-state index contributed by atoms with van der Waals surface area (Å²) < 4.78 is 29.8. The van der Waals surface area contributed by atoms with Crippen molar-refractivity contribution in [2.75, 3.05) is 13.3 Å². The van der Waals surface area contributed by atoms with Gasteiger partial charge in [-0.05, 0) is 18.2 Å². The lowest BCUT2D eigenvalue weighted by atomic mass is 10.2. The van der Waals surface area contributed by atoms with E-state index in [0.717, 1.165) is 0 Å². The molecule has 14 heavy (non-hydrogen) atoms. The molecule has 2 nitrogen and oxygen atoms in total. The van der Waals surface area contributed by atoms with Crippen LogP contribution < -0.4 is 10.5 Å². The minimum atomic E-state index is -0.418. The van der Waals surface area contributed by atoms with Crippen LogP contribution in [0, 0.1) is 5.82 Å². The van der Waals surface area contributed by atoms with Gasteiger partial charge in [0.15, 0.2) is 0 Å². The average molecular weight is 201 g/mol. The molecular formula is C10H13F2NO. The first-order chi connectivity index (χ1) is 6.77. The molecule has 0 aliphatic heterocycles. The second kappa shape index (κ2) is 5.54. The highest BCUT2D eigenvalue weighted by atomic mass is 19.1. The summed E-state index contributed by atoms with van der Waals surface area (Å²) in [7, 11) is 0. The maximum absolute atomic E-state index is 12.8. The fourth-order valence-corrected chi connectivity index (χ4v) is 1.09. The molecule has 1 aromatic carbocycles. The van der Waals surface area contributed by atoms with Crippen molar-refractivity contribution in [1.82, 2.24) is 0 Å². The summed E-state index contributed by atoms with van der Waals surface area (Å²) in [5, 5.41) is 0. The Bertz CT molecular complexity index is 291. The van der Waals surface area contributed by atoms with Crippen molar-refractivity contribution in [3.05, 3.63) is 29.6 Å². The van der Waals surface area contributed by atoms with Crippen molar-refractivity contribution < 1.29 is 13.5 Å². The fourth-order valence-electron chi connectivity index (χ4n) is 1.09.